The minimum Gasteiger partial charge on any atom is -0.409 e. The highest BCUT2D eigenvalue weighted by Crippen LogP contribution is 2.42. The number of hydrogen-bond donors (Lipinski definition) is 0. The molecule has 38 heavy (non-hydrogen) atoms. The Labute approximate surface area is 229 Å². The molecule has 7 heteroatoms. The van der Waals surface area contributed by atoms with Crippen molar-refractivity contribution in [1.82, 2.24) is 4.90 Å². The molecule has 0 aromatic heterocycles. The minimum atomic E-state index is -2.22. The van der Waals surface area contributed by atoms with Crippen molar-refractivity contribution in [2.75, 3.05) is 6.61 Å². The highest BCUT2D eigenvalue weighted by molar-refractivity contribution is 6.74. The predicted molar refractivity (Wildman–Crippen MR) is 152 cm³/mol. The maximum Gasteiger partial charge on any atom is 0.223 e. The first kappa shape index (κ1) is 29.0. The average Bonchev–Trinajstić information content (AvgIpc) is 3.36. The Hall–Kier alpha value is -2.03. The van der Waals surface area contributed by atoms with E-state index < -0.39 is 14.1 Å². The smallest absolute Gasteiger partial charge is 0.223 e. The lowest BCUT2D eigenvalue weighted by atomic mass is 9.99. The van der Waals surface area contributed by atoms with Crippen molar-refractivity contribution in [1.29, 1.82) is 0 Å². The van der Waals surface area contributed by atoms with Gasteiger partial charge in [-0.05, 0) is 49.5 Å². The normalized spacial score (nSPS) is 24.7. The van der Waals surface area contributed by atoms with Gasteiger partial charge in [0.1, 0.15) is 12.2 Å². The van der Waals surface area contributed by atoms with Crippen LogP contribution in [0.1, 0.15) is 58.6 Å². The summed E-state index contributed by atoms with van der Waals surface area (Å²) in [7, 11) is -2.22. The third-order valence-electron chi connectivity index (χ3n) is 8.13. The number of carbonyl (C=O) groups excluding carboxylic acids is 1. The van der Waals surface area contributed by atoms with E-state index in [9.17, 15) is 4.79 Å². The summed E-state index contributed by atoms with van der Waals surface area (Å²) in [5.41, 5.74) is 2.23. The number of nitrogens with zero attached hydrogens (tertiary/aromatic N) is 1. The SMILES string of the molecule is CC1(C)O[C@@H]([C@@H](O[Si](C)(C)C(C)(C)C)[C@H]2CCC(=O)N2Cc2ccccc2)[C@H](COCc2ccccc2)O1. The lowest BCUT2D eigenvalue weighted by Crippen LogP contribution is -2.57. The molecule has 0 N–H and O–H groups in total. The van der Waals surface area contributed by atoms with Crippen molar-refractivity contribution in [3.05, 3.63) is 71.8 Å². The monoisotopic (exact) mass is 539 g/mol. The number of hydrogen-bond acceptors (Lipinski definition) is 5. The molecule has 2 saturated heterocycles. The third-order valence-corrected chi connectivity index (χ3v) is 12.6. The Morgan fingerprint density at radius 3 is 2.21 bits per heavy atom. The summed E-state index contributed by atoms with van der Waals surface area (Å²) in [4.78, 5) is 15.2. The largest absolute Gasteiger partial charge is 0.409 e. The molecule has 2 aliphatic heterocycles. The van der Waals surface area contributed by atoms with Crippen LogP contribution in [0.4, 0.5) is 0 Å². The van der Waals surface area contributed by atoms with Crippen LogP contribution >= 0.6 is 0 Å². The van der Waals surface area contributed by atoms with Crippen LogP contribution in [0.3, 0.4) is 0 Å². The van der Waals surface area contributed by atoms with E-state index in [4.69, 9.17) is 18.6 Å². The van der Waals surface area contributed by atoms with Gasteiger partial charge < -0.3 is 23.5 Å². The van der Waals surface area contributed by atoms with Gasteiger partial charge >= 0.3 is 0 Å². The van der Waals surface area contributed by atoms with E-state index in [-0.39, 0.29) is 35.3 Å². The average molecular weight is 540 g/mol. The number of ether oxygens (including phenoxy) is 3. The predicted octanol–water partition coefficient (Wildman–Crippen LogP) is 6.30. The van der Waals surface area contributed by atoms with E-state index in [1.165, 1.54) is 0 Å². The Morgan fingerprint density at radius 2 is 1.61 bits per heavy atom. The molecule has 0 radical (unpaired) electrons. The van der Waals surface area contributed by atoms with E-state index in [0.717, 1.165) is 17.5 Å². The maximum atomic E-state index is 13.2. The molecule has 208 valence electrons. The summed E-state index contributed by atoms with van der Waals surface area (Å²) in [6.07, 6.45) is 0.268. The van der Waals surface area contributed by atoms with Crippen molar-refractivity contribution in [3.63, 3.8) is 0 Å². The van der Waals surface area contributed by atoms with E-state index in [1.54, 1.807) is 0 Å². The zero-order valence-electron chi connectivity index (χ0n) is 24.1. The van der Waals surface area contributed by atoms with Gasteiger partial charge in [0.05, 0.1) is 25.4 Å². The Balaban J connectivity index is 1.61. The van der Waals surface area contributed by atoms with E-state index in [2.05, 4.69) is 58.1 Å². The molecule has 2 heterocycles. The molecule has 2 aromatic rings. The summed E-state index contributed by atoms with van der Waals surface area (Å²) in [6, 6.07) is 20.2. The summed E-state index contributed by atoms with van der Waals surface area (Å²) < 4.78 is 26.3. The molecule has 2 aromatic carbocycles. The molecular formula is C31H45NO5Si. The maximum absolute atomic E-state index is 13.2. The molecule has 0 unspecified atom stereocenters. The quantitative estimate of drug-likeness (QED) is 0.332. The Kier molecular flexibility index (Phi) is 8.84. The number of amides is 1. The fraction of sp³-hybridized carbons (Fsp3) is 0.581. The van der Waals surface area contributed by atoms with Gasteiger partial charge in [-0.3, -0.25) is 4.79 Å². The van der Waals surface area contributed by atoms with Crippen LogP contribution in [-0.4, -0.2) is 55.9 Å². The third kappa shape index (κ3) is 6.93. The fourth-order valence-corrected chi connectivity index (χ4v) is 6.43. The summed E-state index contributed by atoms with van der Waals surface area (Å²) in [5, 5.41) is 0.00636. The Morgan fingerprint density at radius 1 is 1.00 bits per heavy atom. The van der Waals surface area contributed by atoms with Crippen molar-refractivity contribution in [2.45, 2.75) is 109 Å². The minimum absolute atomic E-state index is 0.00636. The molecule has 4 atom stereocenters. The van der Waals surface area contributed by atoms with Crippen LogP contribution in [0.2, 0.25) is 18.1 Å². The van der Waals surface area contributed by atoms with Gasteiger partial charge in [-0.1, -0.05) is 81.4 Å². The fourth-order valence-electron chi connectivity index (χ4n) is 5.10. The zero-order valence-corrected chi connectivity index (χ0v) is 25.1. The highest BCUT2D eigenvalue weighted by atomic mass is 28.4. The molecule has 1 amide bonds. The molecule has 0 spiro atoms. The first-order valence-corrected chi connectivity index (χ1v) is 16.8. The first-order chi connectivity index (χ1) is 17.9. The van der Waals surface area contributed by atoms with Crippen LogP contribution in [0.25, 0.3) is 0 Å². The van der Waals surface area contributed by atoms with Crippen LogP contribution in [0.5, 0.6) is 0 Å². The lowest BCUT2D eigenvalue weighted by Gasteiger charge is -2.44. The van der Waals surface area contributed by atoms with Gasteiger partial charge in [-0.15, -0.1) is 0 Å². The van der Waals surface area contributed by atoms with Gasteiger partial charge in [0.2, 0.25) is 5.91 Å². The summed E-state index contributed by atoms with van der Waals surface area (Å²) >= 11 is 0. The number of benzene rings is 2. The van der Waals surface area contributed by atoms with Gasteiger partial charge in [-0.2, -0.15) is 0 Å². The van der Waals surface area contributed by atoms with Crippen molar-refractivity contribution in [3.8, 4) is 0 Å². The van der Waals surface area contributed by atoms with E-state index in [0.29, 0.717) is 26.2 Å². The van der Waals surface area contributed by atoms with Gasteiger partial charge in [0.15, 0.2) is 14.1 Å². The molecule has 0 aliphatic carbocycles. The van der Waals surface area contributed by atoms with E-state index >= 15 is 0 Å². The second kappa shape index (κ2) is 11.6. The second-order valence-corrected chi connectivity index (χ2v) is 17.4. The van der Waals surface area contributed by atoms with Crippen molar-refractivity contribution in [2.24, 2.45) is 0 Å². The lowest BCUT2D eigenvalue weighted by molar-refractivity contribution is -0.160. The molecule has 2 aliphatic rings. The number of carbonyl (C=O) groups is 1. The van der Waals surface area contributed by atoms with Gasteiger partial charge in [0.25, 0.3) is 0 Å². The van der Waals surface area contributed by atoms with Gasteiger partial charge in [-0.25, -0.2) is 0 Å². The summed E-state index contributed by atoms with van der Waals surface area (Å²) in [6.45, 7) is 16.6. The second-order valence-electron chi connectivity index (χ2n) is 12.6. The highest BCUT2D eigenvalue weighted by Gasteiger charge is 2.53. The Bertz CT molecular complexity index is 1050. The number of rotatable bonds is 10. The molecule has 6 nitrogen and oxygen atoms in total. The van der Waals surface area contributed by atoms with Crippen LogP contribution in [-0.2, 0) is 36.6 Å². The first-order valence-electron chi connectivity index (χ1n) is 13.8. The summed E-state index contributed by atoms with van der Waals surface area (Å²) in [5.74, 6) is -0.606. The zero-order chi connectivity index (χ0) is 27.6. The molecule has 4 rings (SSSR count). The standard InChI is InChI=1S/C31H45NO5Si/c1-30(2,3)38(6,7)37-28(25-18-19-27(33)32(25)20-23-14-10-8-11-15-23)29-26(35-31(4,5)36-29)22-34-21-24-16-12-9-13-17-24/h8-17,25-26,28-29H,18-22H2,1-7H3/t25-,26+,28+,29-/m1/s1. The van der Waals surface area contributed by atoms with E-state index in [1.807, 2.05) is 55.1 Å². The topological polar surface area (TPSA) is 57.2 Å². The van der Waals surface area contributed by atoms with Crippen molar-refractivity contribution < 1.29 is 23.4 Å². The molecule has 0 saturated carbocycles. The van der Waals surface area contributed by atoms with Crippen LogP contribution in [0.15, 0.2) is 60.7 Å². The van der Waals surface area contributed by atoms with Crippen molar-refractivity contribution >= 4 is 14.2 Å². The molecule has 0 bridgehead atoms. The molecular weight excluding hydrogens is 494 g/mol. The molecule has 2 fully saturated rings. The number of likely N-dealkylation sites (tertiary alicyclic amines) is 1. The van der Waals surface area contributed by atoms with Crippen LogP contribution in [0, 0.1) is 0 Å². The van der Waals surface area contributed by atoms with Gasteiger partial charge in [0, 0.05) is 13.0 Å². The van der Waals surface area contributed by atoms with Crippen LogP contribution < -0.4 is 0 Å².